The van der Waals surface area contributed by atoms with Crippen molar-refractivity contribution in [3.63, 3.8) is 0 Å². The summed E-state index contributed by atoms with van der Waals surface area (Å²) in [6.45, 7) is 0.800. The van der Waals surface area contributed by atoms with E-state index in [0.29, 0.717) is 5.01 Å². The molecule has 0 heterocycles. The van der Waals surface area contributed by atoms with E-state index in [1.54, 1.807) is 12.1 Å². The largest absolute Gasteiger partial charge is 0.369 e. The molecule has 8 nitrogen and oxygen atoms in total. The molecule has 0 N–H and O–H groups in total. The monoisotopic (exact) mass is 541 g/mol. The number of rotatable bonds is 4. The number of hydrogen-bond donors (Lipinski definition) is 0. The first-order valence-corrected chi connectivity index (χ1v) is 10.9. The Hall–Kier alpha value is -5.23. The summed E-state index contributed by atoms with van der Waals surface area (Å²) >= 11 is 0. The van der Waals surface area contributed by atoms with Crippen LogP contribution in [0, 0.1) is 109 Å². The Morgan fingerprint density at radius 2 is 1.46 bits per heavy atom. The van der Waals surface area contributed by atoms with Crippen LogP contribution < -0.4 is 0 Å². The molecule has 3 unspecified atom stereocenters. The highest BCUT2D eigenvalue weighted by molar-refractivity contribution is 5.46. The highest BCUT2D eigenvalue weighted by atomic mass is 19.2. The summed E-state index contributed by atoms with van der Waals surface area (Å²) in [4.78, 5) is 3.57. The Labute approximate surface area is 218 Å². The van der Waals surface area contributed by atoms with E-state index < -0.39 is 81.2 Å². The second-order valence-corrected chi connectivity index (χ2v) is 8.45. The Morgan fingerprint density at radius 1 is 0.923 bits per heavy atom. The van der Waals surface area contributed by atoms with Crippen molar-refractivity contribution in [2.75, 3.05) is 7.05 Å². The second kappa shape index (κ2) is 11.9. The Balaban J connectivity index is 2.60. The van der Waals surface area contributed by atoms with Crippen LogP contribution in [0.25, 0.3) is 4.95 Å². The molecule has 0 spiro atoms. The molecule has 0 saturated heterocycles. The lowest BCUT2D eigenvalue weighted by molar-refractivity contribution is 0.0910. The summed E-state index contributed by atoms with van der Waals surface area (Å²) in [6, 6.07) is 10.5. The molecular weight excluding hydrogens is 526 g/mol. The molecular formula is C25H15F6N8+. The van der Waals surface area contributed by atoms with Crippen LogP contribution in [0.15, 0.2) is 11.1 Å². The molecule has 1 aromatic carbocycles. The summed E-state index contributed by atoms with van der Waals surface area (Å²) in [7, 11) is 0.915. The van der Waals surface area contributed by atoms with Gasteiger partial charge in [-0.2, -0.15) is 31.6 Å². The molecule has 2 rings (SSSR count). The molecule has 1 aliphatic carbocycles. The Morgan fingerprint density at radius 3 is 1.90 bits per heavy atom. The van der Waals surface area contributed by atoms with Crippen LogP contribution in [0.1, 0.15) is 36.8 Å². The van der Waals surface area contributed by atoms with Gasteiger partial charge in [0, 0.05) is 5.92 Å². The maximum absolute atomic E-state index is 15.0. The van der Waals surface area contributed by atoms with Gasteiger partial charge in [-0.15, -0.1) is 0 Å². The van der Waals surface area contributed by atoms with Gasteiger partial charge in [0.25, 0.3) is 0 Å². The first kappa shape index (κ1) is 30.0. The first-order chi connectivity index (χ1) is 18.4. The van der Waals surface area contributed by atoms with Crippen molar-refractivity contribution in [2.24, 2.45) is 11.8 Å². The van der Waals surface area contributed by atoms with E-state index in [2.05, 4.69) is 11.0 Å². The smallest absolute Gasteiger partial charge is 0.244 e. The van der Waals surface area contributed by atoms with Gasteiger partial charge in [0.15, 0.2) is 40.9 Å². The van der Waals surface area contributed by atoms with Gasteiger partial charge in [0.1, 0.15) is 24.2 Å². The summed E-state index contributed by atoms with van der Waals surface area (Å²) < 4.78 is 88.7. The van der Waals surface area contributed by atoms with E-state index in [4.69, 9.17) is 21.0 Å². The van der Waals surface area contributed by atoms with Crippen molar-refractivity contribution in [1.29, 1.82) is 31.6 Å². The average molecular weight is 541 g/mol. The number of allylic oxidation sites excluding steroid dienone is 2. The number of nitriles is 6. The van der Waals surface area contributed by atoms with Crippen molar-refractivity contribution in [2.45, 2.75) is 43.6 Å². The molecule has 4 atom stereocenters. The van der Waals surface area contributed by atoms with Crippen LogP contribution in [0.3, 0.4) is 0 Å². The molecule has 0 aliphatic heterocycles. The van der Waals surface area contributed by atoms with Gasteiger partial charge >= 0.3 is 6.07 Å². The van der Waals surface area contributed by atoms with Crippen molar-refractivity contribution >= 4 is 0 Å². The third-order valence-corrected chi connectivity index (χ3v) is 6.42. The minimum absolute atomic E-state index is 0.172. The highest BCUT2D eigenvalue weighted by Gasteiger charge is 2.47. The average Bonchev–Trinajstić information content (AvgIpc) is 2.93. The highest BCUT2D eigenvalue weighted by Crippen LogP contribution is 2.39. The van der Waals surface area contributed by atoms with Gasteiger partial charge in [-0.1, -0.05) is 0 Å². The number of halogens is 6. The fraction of sp³-hybridized carbons (Fsp3) is 0.400. The van der Waals surface area contributed by atoms with Crippen molar-refractivity contribution < 1.29 is 26.3 Å². The minimum atomic E-state index is -2.62. The van der Waals surface area contributed by atoms with Crippen LogP contribution in [0.5, 0.6) is 0 Å². The normalized spacial score (nSPS) is 21.0. The lowest BCUT2D eigenvalue weighted by Crippen LogP contribution is -2.38. The maximum atomic E-state index is 15.0. The molecule has 196 valence electrons. The molecule has 0 bridgehead atoms. The number of benzene rings is 1. The molecule has 0 radical (unpaired) electrons. The van der Waals surface area contributed by atoms with Crippen molar-refractivity contribution in [1.82, 2.24) is 5.01 Å². The van der Waals surface area contributed by atoms with Crippen molar-refractivity contribution in [3.8, 4) is 42.5 Å². The molecule has 0 aromatic heterocycles. The van der Waals surface area contributed by atoms with Crippen LogP contribution >= 0.6 is 0 Å². The zero-order chi connectivity index (χ0) is 29.7. The second-order valence-electron chi connectivity index (χ2n) is 8.45. The van der Waals surface area contributed by atoms with Gasteiger partial charge in [-0.05, 0) is 30.3 Å². The zero-order valence-electron chi connectivity index (χ0n) is 20.1. The fourth-order valence-electron chi connectivity index (χ4n) is 4.03. The molecule has 1 fully saturated rings. The molecule has 1 aromatic rings. The van der Waals surface area contributed by atoms with Gasteiger partial charge in [-0.3, -0.25) is 0 Å². The van der Waals surface area contributed by atoms with Crippen LogP contribution in [0.4, 0.5) is 26.3 Å². The van der Waals surface area contributed by atoms with Gasteiger partial charge < -0.3 is 0 Å². The predicted octanol–water partition coefficient (Wildman–Crippen LogP) is 4.86. The molecule has 39 heavy (non-hydrogen) atoms. The fourth-order valence-corrected chi connectivity index (χ4v) is 4.03. The molecule has 1 aliphatic rings. The molecule has 1 saturated carbocycles. The first-order valence-electron chi connectivity index (χ1n) is 10.9. The summed E-state index contributed by atoms with van der Waals surface area (Å²) in [5.41, 5.74) is -6.67. The van der Waals surface area contributed by atoms with E-state index in [9.17, 15) is 36.9 Å². The Kier molecular flexibility index (Phi) is 9.14. The molecule has 0 amide bonds. The summed E-state index contributed by atoms with van der Waals surface area (Å²) in [5.74, 6) is -13.2. The summed E-state index contributed by atoms with van der Waals surface area (Å²) in [6.07, 6.45) is -5.17. The van der Waals surface area contributed by atoms with Gasteiger partial charge in [0.2, 0.25) is 5.54 Å². The summed E-state index contributed by atoms with van der Waals surface area (Å²) in [5, 5.41) is 55.3. The minimum Gasteiger partial charge on any atom is -0.244 e. The number of nitrogens with zero attached hydrogens (tertiary/aromatic N) is 8. The van der Waals surface area contributed by atoms with E-state index in [-0.39, 0.29) is 12.8 Å². The zero-order valence-corrected chi connectivity index (χ0v) is 20.1. The number of alkyl halides is 2. The standard InChI is InChI=1S/C25H15F6N8/c1-25(11-37,18-23(30)21(28)17(13(7-34)8-35)22(29)24(18)31)39(2)38-10-14(9-36)16-4-3-15(12(5-32)6-33)19(26)20(16)27/h12-13,15,19-20H,3-4H2,1-2H3/q+1/b16-14-/t15?,19?,20?,25-/m1/s1. The van der Waals surface area contributed by atoms with Crippen LogP contribution in [-0.4, -0.2) is 24.4 Å². The van der Waals surface area contributed by atoms with E-state index in [1.807, 2.05) is 0 Å². The Bertz CT molecular complexity index is 1480. The maximum Gasteiger partial charge on any atom is 0.369 e. The lowest BCUT2D eigenvalue weighted by atomic mass is 9.75. The predicted molar refractivity (Wildman–Crippen MR) is 118 cm³/mol. The van der Waals surface area contributed by atoms with Gasteiger partial charge in [-0.25, -0.2) is 26.3 Å². The van der Waals surface area contributed by atoms with Crippen LogP contribution in [0.2, 0.25) is 0 Å². The third kappa shape index (κ3) is 5.13. The lowest BCUT2D eigenvalue weighted by Gasteiger charge is -2.30. The van der Waals surface area contributed by atoms with Gasteiger partial charge in [0.05, 0.1) is 47.4 Å². The topological polar surface area (TPSA) is 150 Å². The van der Waals surface area contributed by atoms with Crippen molar-refractivity contribution in [3.05, 3.63) is 50.5 Å². The van der Waals surface area contributed by atoms with E-state index >= 15 is 0 Å². The SMILES string of the molecule is CN([N+]#C/C(C#N)=C1/CCC(C(C#N)C#N)C(F)C1F)[C@](C)(C#N)c1c(F)c(F)c(C(C#N)C#N)c(F)c1F. The quantitative estimate of drug-likeness (QED) is 0.228. The molecule has 14 heteroatoms. The van der Waals surface area contributed by atoms with E-state index in [1.165, 1.54) is 24.3 Å². The van der Waals surface area contributed by atoms with Crippen LogP contribution in [-0.2, 0) is 5.54 Å². The number of hydrogen-bond acceptors (Lipinski definition) is 7. The third-order valence-electron chi connectivity index (χ3n) is 6.42. The van der Waals surface area contributed by atoms with E-state index in [0.717, 1.165) is 14.0 Å².